The molecular weight excluding hydrogens is 274 g/mol. The van der Waals surface area contributed by atoms with Gasteiger partial charge in [-0.05, 0) is 49.1 Å². The zero-order chi connectivity index (χ0) is 15.4. The van der Waals surface area contributed by atoms with Crippen LogP contribution < -0.4 is 4.74 Å². The molecule has 118 valence electrons. The molecule has 3 rings (SSSR count). The van der Waals surface area contributed by atoms with E-state index in [1.54, 1.807) is 7.11 Å². The van der Waals surface area contributed by atoms with Crippen LogP contribution in [0.3, 0.4) is 0 Å². The molecule has 2 aromatic carbocycles. The number of nitrogens with zero attached hydrogens (tertiary/aromatic N) is 1. The summed E-state index contributed by atoms with van der Waals surface area (Å²) in [6.07, 6.45) is 4.48. The first-order valence-electron chi connectivity index (χ1n) is 8.23. The summed E-state index contributed by atoms with van der Waals surface area (Å²) in [6, 6.07) is 13.3. The summed E-state index contributed by atoms with van der Waals surface area (Å²) in [6.45, 7) is 2.37. The average molecular weight is 299 g/mol. The molecule has 1 fully saturated rings. The molecule has 1 aliphatic heterocycles. The number of benzene rings is 2. The monoisotopic (exact) mass is 299 g/mol. The number of hydrogen-bond acceptors (Lipinski definition) is 3. The summed E-state index contributed by atoms with van der Waals surface area (Å²) in [7, 11) is 1.75. The van der Waals surface area contributed by atoms with Gasteiger partial charge in [0.2, 0.25) is 0 Å². The zero-order valence-corrected chi connectivity index (χ0v) is 13.3. The van der Waals surface area contributed by atoms with Gasteiger partial charge < -0.3 is 9.84 Å². The molecule has 3 nitrogen and oxygen atoms in total. The van der Waals surface area contributed by atoms with E-state index in [1.807, 2.05) is 0 Å². The predicted octanol–water partition coefficient (Wildman–Crippen LogP) is 3.59. The third kappa shape index (κ3) is 3.11. The summed E-state index contributed by atoms with van der Waals surface area (Å²) in [5.74, 6) is 0.978. The summed E-state index contributed by atoms with van der Waals surface area (Å²) in [5, 5.41) is 11.6. The summed E-state index contributed by atoms with van der Waals surface area (Å²) < 4.78 is 5.61. The molecule has 1 saturated heterocycles. The van der Waals surface area contributed by atoms with Gasteiger partial charge in [0.05, 0.1) is 7.11 Å². The fourth-order valence-electron chi connectivity index (χ4n) is 3.63. The van der Waals surface area contributed by atoms with Crippen molar-refractivity contribution in [1.29, 1.82) is 0 Å². The SMILES string of the molecule is COc1ccc2ccccc2c1CN1CCCC1CCCO. The van der Waals surface area contributed by atoms with Crippen molar-refractivity contribution >= 4 is 10.8 Å². The highest BCUT2D eigenvalue weighted by Crippen LogP contribution is 2.32. The van der Waals surface area contributed by atoms with Crippen molar-refractivity contribution in [3.8, 4) is 5.75 Å². The minimum absolute atomic E-state index is 0.294. The molecule has 1 heterocycles. The van der Waals surface area contributed by atoms with Crippen LogP contribution in [0.4, 0.5) is 0 Å². The molecule has 0 saturated carbocycles. The second kappa shape index (κ2) is 7.12. The van der Waals surface area contributed by atoms with E-state index >= 15 is 0 Å². The molecule has 2 aromatic rings. The van der Waals surface area contributed by atoms with Gasteiger partial charge in [0.1, 0.15) is 5.75 Å². The average Bonchev–Trinajstić information content (AvgIpc) is 3.00. The molecule has 0 bridgehead atoms. The van der Waals surface area contributed by atoms with Crippen molar-refractivity contribution in [2.24, 2.45) is 0 Å². The molecule has 0 spiro atoms. The smallest absolute Gasteiger partial charge is 0.123 e. The Morgan fingerprint density at radius 1 is 1.23 bits per heavy atom. The number of aliphatic hydroxyl groups is 1. The minimum atomic E-state index is 0.294. The number of likely N-dealkylation sites (tertiary alicyclic amines) is 1. The van der Waals surface area contributed by atoms with Crippen LogP contribution in [0.15, 0.2) is 36.4 Å². The molecule has 0 radical (unpaired) electrons. The van der Waals surface area contributed by atoms with Crippen LogP contribution in [-0.4, -0.2) is 36.3 Å². The standard InChI is InChI=1S/C19H25NO2/c1-22-19-11-10-15-6-2-3-9-17(15)18(19)14-20-12-4-7-16(20)8-5-13-21/h2-3,6,9-11,16,21H,4-5,7-8,12-14H2,1H3. The number of hydrogen-bond donors (Lipinski definition) is 1. The molecule has 22 heavy (non-hydrogen) atoms. The van der Waals surface area contributed by atoms with E-state index in [2.05, 4.69) is 41.3 Å². The van der Waals surface area contributed by atoms with Gasteiger partial charge in [-0.1, -0.05) is 30.3 Å². The molecule has 1 aliphatic rings. The van der Waals surface area contributed by atoms with Gasteiger partial charge in [0.25, 0.3) is 0 Å². The first kappa shape index (κ1) is 15.3. The van der Waals surface area contributed by atoms with Crippen molar-refractivity contribution in [2.75, 3.05) is 20.3 Å². The second-order valence-electron chi connectivity index (χ2n) is 6.10. The quantitative estimate of drug-likeness (QED) is 0.885. The van der Waals surface area contributed by atoms with Crippen LogP contribution >= 0.6 is 0 Å². The lowest BCUT2D eigenvalue weighted by molar-refractivity contribution is 0.209. The van der Waals surface area contributed by atoms with Gasteiger partial charge in [-0.25, -0.2) is 0 Å². The summed E-state index contributed by atoms with van der Waals surface area (Å²) in [5.41, 5.74) is 1.29. The Balaban J connectivity index is 1.89. The minimum Gasteiger partial charge on any atom is -0.496 e. The Morgan fingerprint density at radius 2 is 2.09 bits per heavy atom. The normalized spacial score (nSPS) is 18.9. The van der Waals surface area contributed by atoms with Crippen molar-refractivity contribution in [1.82, 2.24) is 4.90 Å². The third-order valence-electron chi connectivity index (χ3n) is 4.77. The molecule has 1 unspecified atom stereocenters. The topological polar surface area (TPSA) is 32.7 Å². The molecule has 1 atom stereocenters. The van der Waals surface area contributed by atoms with E-state index in [-0.39, 0.29) is 0 Å². The zero-order valence-electron chi connectivity index (χ0n) is 13.3. The highest BCUT2D eigenvalue weighted by atomic mass is 16.5. The number of rotatable bonds is 6. The van der Waals surface area contributed by atoms with Crippen LogP contribution in [0.2, 0.25) is 0 Å². The summed E-state index contributed by atoms with van der Waals surface area (Å²) >= 11 is 0. The molecule has 0 aromatic heterocycles. The molecular formula is C19H25NO2. The Hall–Kier alpha value is -1.58. The van der Waals surface area contributed by atoms with Gasteiger partial charge in [-0.15, -0.1) is 0 Å². The molecule has 0 amide bonds. The van der Waals surface area contributed by atoms with E-state index in [9.17, 15) is 0 Å². The van der Waals surface area contributed by atoms with E-state index in [0.717, 1.165) is 31.7 Å². The Kier molecular flexibility index (Phi) is 4.96. The first-order chi connectivity index (χ1) is 10.8. The fraction of sp³-hybridized carbons (Fsp3) is 0.474. The molecule has 0 aliphatic carbocycles. The highest BCUT2D eigenvalue weighted by molar-refractivity contribution is 5.87. The fourth-order valence-corrected chi connectivity index (χ4v) is 3.63. The van der Waals surface area contributed by atoms with E-state index < -0.39 is 0 Å². The Labute approximate surface area is 132 Å². The van der Waals surface area contributed by atoms with Crippen LogP contribution in [0.25, 0.3) is 10.8 Å². The van der Waals surface area contributed by atoms with Gasteiger partial charge in [-0.3, -0.25) is 4.90 Å². The number of fused-ring (bicyclic) bond motifs is 1. The predicted molar refractivity (Wildman–Crippen MR) is 90.3 cm³/mol. The van der Waals surface area contributed by atoms with Gasteiger partial charge in [0.15, 0.2) is 0 Å². The van der Waals surface area contributed by atoms with Crippen LogP contribution in [0.5, 0.6) is 5.75 Å². The summed E-state index contributed by atoms with van der Waals surface area (Å²) in [4.78, 5) is 2.56. The highest BCUT2D eigenvalue weighted by Gasteiger charge is 2.25. The Bertz CT molecular complexity index is 626. The van der Waals surface area contributed by atoms with Crippen LogP contribution in [0, 0.1) is 0 Å². The van der Waals surface area contributed by atoms with E-state index in [1.165, 1.54) is 29.2 Å². The lowest BCUT2D eigenvalue weighted by Gasteiger charge is -2.26. The van der Waals surface area contributed by atoms with E-state index in [0.29, 0.717) is 12.6 Å². The number of aliphatic hydroxyl groups excluding tert-OH is 1. The maximum atomic E-state index is 9.09. The molecule has 3 heteroatoms. The number of methoxy groups -OCH3 is 1. The Morgan fingerprint density at radius 3 is 2.91 bits per heavy atom. The first-order valence-corrected chi connectivity index (χ1v) is 8.23. The lowest BCUT2D eigenvalue weighted by Crippen LogP contribution is -2.29. The second-order valence-corrected chi connectivity index (χ2v) is 6.10. The van der Waals surface area contributed by atoms with Gasteiger partial charge in [-0.2, -0.15) is 0 Å². The van der Waals surface area contributed by atoms with Crippen molar-refractivity contribution in [3.63, 3.8) is 0 Å². The maximum absolute atomic E-state index is 9.09. The van der Waals surface area contributed by atoms with Crippen LogP contribution in [0.1, 0.15) is 31.2 Å². The van der Waals surface area contributed by atoms with Crippen molar-refractivity contribution in [3.05, 3.63) is 42.0 Å². The third-order valence-corrected chi connectivity index (χ3v) is 4.77. The van der Waals surface area contributed by atoms with Gasteiger partial charge >= 0.3 is 0 Å². The molecule has 1 N–H and O–H groups in total. The van der Waals surface area contributed by atoms with Crippen molar-refractivity contribution in [2.45, 2.75) is 38.3 Å². The van der Waals surface area contributed by atoms with E-state index in [4.69, 9.17) is 9.84 Å². The largest absolute Gasteiger partial charge is 0.496 e. The van der Waals surface area contributed by atoms with Crippen LogP contribution in [-0.2, 0) is 6.54 Å². The number of ether oxygens (including phenoxy) is 1. The van der Waals surface area contributed by atoms with Crippen molar-refractivity contribution < 1.29 is 9.84 Å². The van der Waals surface area contributed by atoms with Gasteiger partial charge in [0, 0.05) is 24.8 Å². The maximum Gasteiger partial charge on any atom is 0.123 e. The lowest BCUT2D eigenvalue weighted by atomic mass is 10.0.